The molecule has 1 unspecified atom stereocenters. The minimum Gasteiger partial charge on any atom is -0.497 e. The number of carbonyl (C=O) groups excluding carboxylic acids is 2. The Balaban J connectivity index is 1.87. The van der Waals surface area contributed by atoms with Gasteiger partial charge in [-0.05, 0) is 70.7 Å². The summed E-state index contributed by atoms with van der Waals surface area (Å²) >= 11 is 0. The van der Waals surface area contributed by atoms with Gasteiger partial charge in [0.15, 0.2) is 0 Å². The summed E-state index contributed by atoms with van der Waals surface area (Å²) in [5, 5.41) is 0. The van der Waals surface area contributed by atoms with Crippen molar-refractivity contribution in [2.45, 2.75) is 64.0 Å². The highest BCUT2D eigenvalue weighted by Gasteiger charge is 2.31. The van der Waals surface area contributed by atoms with Crippen molar-refractivity contribution < 1.29 is 32.2 Å². The Morgan fingerprint density at radius 1 is 1.14 bits per heavy atom. The van der Waals surface area contributed by atoms with E-state index in [2.05, 4.69) is 0 Å². The molecule has 1 fully saturated rings. The van der Waals surface area contributed by atoms with Crippen LogP contribution in [0.2, 0.25) is 0 Å². The van der Waals surface area contributed by atoms with Gasteiger partial charge in [-0.25, -0.2) is 13.2 Å². The Kier molecular flexibility index (Phi) is 10.2. The molecule has 0 bridgehead atoms. The van der Waals surface area contributed by atoms with E-state index in [9.17, 15) is 18.0 Å². The Morgan fingerprint density at radius 3 is 2.31 bits per heavy atom. The Labute approximate surface area is 215 Å². The van der Waals surface area contributed by atoms with Gasteiger partial charge in [0, 0.05) is 39.8 Å². The molecule has 11 heteroatoms. The van der Waals surface area contributed by atoms with Crippen molar-refractivity contribution in [1.82, 2.24) is 14.1 Å². The third kappa shape index (κ3) is 7.81. The average molecular weight is 528 g/mol. The second-order valence-corrected chi connectivity index (χ2v) is 12.2. The number of ether oxygens (including phenoxy) is 3. The molecule has 1 aromatic carbocycles. The van der Waals surface area contributed by atoms with E-state index in [0.717, 1.165) is 12.8 Å². The van der Waals surface area contributed by atoms with E-state index in [0.29, 0.717) is 30.0 Å². The predicted molar refractivity (Wildman–Crippen MR) is 137 cm³/mol. The number of amides is 2. The van der Waals surface area contributed by atoms with Crippen molar-refractivity contribution in [3.05, 3.63) is 23.3 Å². The summed E-state index contributed by atoms with van der Waals surface area (Å²) < 4.78 is 43.6. The first-order chi connectivity index (χ1) is 16.7. The zero-order valence-electron chi connectivity index (χ0n) is 22.8. The first-order valence-electron chi connectivity index (χ1n) is 12.1. The van der Waals surface area contributed by atoms with E-state index >= 15 is 0 Å². The van der Waals surface area contributed by atoms with E-state index in [4.69, 9.17) is 14.2 Å². The topological polar surface area (TPSA) is 106 Å². The Bertz CT molecular complexity index is 1010. The molecular formula is C25H41N3O7S. The molecule has 0 spiro atoms. The third-order valence-corrected chi connectivity index (χ3v) is 8.27. The maximum atomic E-state index is 13.1. The fraction of sp³-hybridized carbons (Fsp3) is 0.680. The van der Waals surface area contributed by atoms with Crippen LogP contribution in [0.5, 0.6) is 5.75 Å². The minimum atomic E-state index is -3.73. The summed E-state index contributed by atoms with van der Waals surface area (Å²) in [6.07, 6.45) is 1.18. The number of hydrogen-bond acceptors (Lipinski definition) is 7. The van der Waals surface area contributed by atoms with Gasteiger partial charge in [0.25, 0.3) is 0 Å². The molecule has 1 aromatic rings. The first-order valence-corrected chi connectivity index (χ1v) is 13.5. The van der Waals surface area contributed by atoms with E-state index < -0.39 is 15.6 Å². The summed E-state index contributed by atoms with van der Waals surface area (Å²) in [6, 6.07) is 3.24. The standard InChI is InChI=1S/C25H41N3O7S/c1-18-14-21(33-8)15-19(2)23(18)36(31,32)26(6)12-13-34-17-22(29)27(7)20-10-9-11-28(16-20)24(30)35-25(3,4)5/h14-15,20H,9-13,16-17H2,1-8H3. The van der Waals surface area contributed by atoms with Crippen LogP contribution in [-0.4, -0.2) is 100 Å². The van der Waals surface area contributed by atoms with Gasteiger partial charge in [0.1, 0.15) is 18.0 Å². The molecule has 2 amide bonds. The second-order valence-electron chi connectivity index (χ2n) is 10.2. The van der Waals surface area contributed by atoms with Crippen LogP contribution in [0.3, 0.4) is 0 Å². The van der Waals surface area contributed by atoms with Crippen LogP contribution in [0.15, 0.2) is 17.0 Å². The summed E-state index contributed by atoms with van der Waals surface area (Å²) in [5.74, 6) is 0.378. The number of benzene rings is 1. The van der Waals surface area contributed by atoms with Gasteiger partial charge in [-0.2, -0.15) is 4.31 Å². The lowest BCUT2D eigenvalue weighted by molar-refractivity contribution is -0.138. The zero-order valence-corrected chi connectivity index (χ0v) is 23.6. The summed E-state index contributed by atoms with van der Waals surface area (Å²) in [7, 11) is 0.988. The molecule has 1 atom stereocenters. The van der Waals surface area contributed by atoms with Crippen molar-refractivity contribution in [3.8, 4) is 5.75 Å². The van der Waals surface area contributed by atoms with Crippen LogP contribution in [0.1, 0.15) is 44.7 Å². The van der Waals surface area contributed by atoms with E-state index in [1.54, 1.807) is 42.8 Å². The number of rotatable bonds is 9. The SMILES string of the molecule is COc1cc(C)c(S(=O)(=O)N(C)CCOCC(=O)N(C)C2CCCN(C(=O)OC(C)(C)C)C2)c(C)c1. The molecule has 1 saturated heterocycles. The van der Waals surface area contributed by atoms with Crippen LogP contribution < -0.4 is 4.74 Å². The van der Waals surface area contributed by atoms with Crippen LogP contribution in [0, 0.1) is 13.8 Å². The molecule has 10 nitrogen and oxygen atoms in total. The fourth-order valence-corrected chi connectivity index (χ4v) is 5.69. The highest BCUT2D eigenvalue weighted by atomic mass is 32.2. The van der Waals surface area contributed by atoms with Gasteiger partial charge in [-0.1, -0.05) is 0 Å². The molecule has 1 heterocycles. The highest BCUT2D eigenvalue weighted by molar-refractivity contribution is 7.89. The maximum Gasteiger partial charge on any atom is 0.410 e. The number of likely N-dealkylation sites (tertiary alicyclic amines) is 1. The Hall–Kier alpha value is -2.37. The van der Waals surface area contributed by atoms with Gasteiger partial charge in [-0.15, -0.1) is 0 Å². The minimum absolute atomic E-state index is 0.0677. The maximum absolute atomic E-state index is 13.1. The number of hydrogen-bond donors (Lipinski definition) is 0. The molecule has 1 aliphatic heterocycles. The van der Waals surface area contributed by atoms with Gasteiger partial charge < -0.3 is 24.0 Å². The largest absolute Gasteiger partial charge is 0.497 e. The smallest absolute Gasteiger partial charge is 0.410 e. The molecule has 0 saturated carbocycles. The van der Waals surface area contributed by atoms with Gasteiger partial charge in [0.2, 0.25) is 15.9 Å². The molecule has 2 rings (SSSR count). The molecule has 0 N–H and O–H groups in total. The number of sulfonamides is 1. The quantitative estimate of drug-likeness (QED) is 0.455. The number of piperidine rings is 1. The van der Waals surface area contributed by atoms with E-state index in [-0.39, 0.29) is 42.7 Å². The lowest BCUT2D eigenvalue weighted by Crippen LogP contribution is -2.51. The van der Waals surface area contributed by atoms with Crippen LogP contribution in [-0.2, 0) is 24.3 Å². The van der Waals surface area contributed by atoms with Crippen LogP contribution in [0.4, 0.5) is 4.79 Å². The summed E-state index contributed by atoms with van der Waals surface area (Å²) in [4.78, 5) is 28.6. The number of nitrogens with zero attached hydrogens (tertiary/aromatic N) is 3. The lowest BCUT2D eigenvalue weighted by Gasteiger charge is -2.38. The fourth-order valence-electron chi connectivity index (χ4n) is 4.13. The summed E-state index contributed by atoms with van der Waals surface area (Å²) in [6.45, 7) is 9.92. The van der Waals surface area contributed by atoms with Crippen LogP contribution in [0.25, 0.3) is 0 Å². The molecule has 0 radical (unpaired) electrons. The molecular weight excluding hydrogens is 486 g/mol. The lowest BCUT2D eigenvalue weighted by atomic mass is 10.0. The predicted octanol–water partition coefficient (Wildman–Crippen LogP) is 2.81. The van der Waals surface area contributed by atoms with Crippen molar-refractivity contribution >= 4 is 22.0 Å². The van der Waals surface area contributed by atoms with Gasteiger partial charge in [0.05, 0.1) is 18.6 Å². The zero-order chi connectivity index (χ0) is 27.3. The van der Waals surface area contributed by atoms with Gasteiger partial charge >= 0.3 is 6.09 Å². The van der Waals surface area contributed by atoms with E-state index in [1.165, 1.54) is 18.5 Å². The molecule has 0 aromatic heterocycles. The second kappa shape index (κ2) is 12.2. The van der Waals surface area contributed by atoms with Crippen molar-refractivity contribution in [2.24, 2.45) is 0 Å². The average Bonchev–Trinajstić information content (AvgIpc) is 2.79. The van der Waals surface area contributed by atoms with Gasteiger partial charge in [-0.3, -0.25) is 4.79 Å². The Morgan fingerprint density at radius 2 is 1.75 bits per heavy atom. The van der Waals surface area contributed by atoms with Crippen molar-refractivity contribution in [3.63, 3.8) is 0 Å². The molecule has 204 valence electrons. The normalized spacial score (nSPS) is 16.7. The monoisotopic (exact) mass is 527 g/mol. The number of carbonyl (C=O) groups is 2. The van der Waals surface area contributed by atoms with Crippen LogP contribution >= 0.6 is 0 Å². The number of methoxy groups -OCH3 is 1. The molecule has 1 aliphatic rings. The van der Waals surface area contributed by atoms with Crippen molar-refractivity contribution in [1.29, 1.82) is 0 Å². The van der Waals surface area contributed by atoms with Crippen molar-refractivity contribution in [2.75, 3.05) is 54.1 Å². The first kappa shape index (κ1) is 29.9. The van der Waals surface area contributed by atoms with E-state index in [1.807, 2.05) is 20.8 Å². The third-order valence-electron chi connectivity index (χ3n) is 6.10. The molecule has 36 heavy (non-hydrogen) atoms. The highest BCUT2D eigenvalue weighted by Crippen LogP contribution is 2.27. The number of likely N-dealkylation sites (N-methyl/N-ethyl adjacent to an activating group) is 2. The molecule has 0 aliphatic carbocycles. The number of aryl methyl sites for hydroxylation is 2. The summed E-state index contributed by atoms with van der Waals surface area (Å²) in [5.41, 5.74) is 0.624.